The van der Waals surface area contributed by atoms with E-state index in [0.717, 1.165) is 10.6 Å². The number of benzene rings is 1. The predicted octanol–water partition coefficient (Wildman–Crippen LogP) is 3.24. The van der Waals surface area contributed by atoms with Gasteiger partial charge < -0.3 is 14.6 Å². The molecule has 0 aliphatic carbocycles. The molecule has 0 bridgehead atoms. The van der Waals surface area contributed by atoms with Crippen molar-refractivity contribution in [3.05, 3.63) is 76.4 Å². The number of para-hydroxylation sites is 1. The van der Waals surface area contributed by atoms with Crippen molar-refractivity contribution >= 4 is 34.6 Å². The van der Waals surface area contributed by atoms with E-state index in [1.807, 2.05) is 36.4 Å². The lowest BCUT2D eigenvalue weighted by Crippen LogP contribution is -2.32. The summed E-state index contributed by atoms with van der Waals surface area (Å²) in [6.45, 7) is 0.701. The van der Waals surface area contributed by atoms with E-state index in [1.165, 1.54) is 17.6 Å². The maximum Gasteiger partial charge on any atom is 0.238 e. The second-order valence-corrected chi connectivity index (χ2v) is 7.70. The minimum atomic E-state index is -0.378. The molecule has 1 aliphatic rings. The highest BCUT2D eigenvalue weighted by atomic mass is 32.1. The summed E-state index contributed by atoms with van der Waals surface area (Å²) in [5.74, 6) is -0.458. The van der Waals surface area contributed by atoms with Crippen LogP contribution in [0.3, 0.4) is 0 Å². The average molecular weight is 394 g/mol. The fourth-order valence-corrected chi connectivity index (χ4v) is 4.08. The van der Waals surface area contributed by atoms with E-state index in [4.69, 9.17) is 4.42 Å². The van der Waals surface area contributed by atoms with Crippen LogP contribution in [0.4, 0.5) is 5.69 Å². The summed E-state index contributed by atoms with van der Waals surface area (Å²) in [5.41, 5.74) is 0.808. The molecule has 1 aliphatic heterocycles. The molecule has 142 valence electrons. The maximum atomic E-state index is 12.5. The predicted molar refractivity (Wildman–Crippen MR) is 105 cm³/mol. The summed E-state index contributed by atoms with van der Waals surface area (Å²) in [6.07, 6.45) is 1.66. The van der Waals surface area contributed by atoms with Crippen molar-refractivity contribution < 1.29 is 18.8 Å². The zero-order valence-electron chi connectivity index (χ0n) is 15.0. The Bertz CT molecular complexity index is 995. The van der Waals surface area contributed by atoms with Crippen molar-refractivity contribution in [1.29, 1.82) is 0 Å². The van der Waals surface area contributed by atoms with Crippen molar-refractivity contribution in [1.82, 2.24) is 5.32 Å². The summed E-state index contributed by atoms with van der Waals surface area (Å²) < 4.78 is 5.13. The Morgan fingerprint density at radius 3 is 2.68 bits per heavy atom. The lowest BCUT2D eigenvalue weighted by atomic mass is 10.1. The van der Waals surface area contributed by atoms with Crippen LogP contribution in [0.1, 0.15) is 26.7 Å². The van der Waals surface area contributed by atoms with E-state index in [9.17, 15) is 14.4 Å². The number of hydrogen-bond donors (Lipinski definition) is 1. The van der Waals surface area contributed by atoms with Crippen LogP contribution in [0.15, 0.2) is 65.3 Å². The molecule has 1 atom stereocenters. The van der Waals surface area contributed by atoms with Crippen LogP contribution in [0.2, 0.25) is 0 Å². The highest BCUT2D eigenvalue weighted by Gasteiger charge is 2.34. The zero-order valence-corrected chi connectivity index (χ0v) is 15.8. The Balaban J connectivity index is 1.34. The lowest BCUT2D eigenvalue weighted by molar-refractivity contribution is -0.126. The zero-order chi connectivity index (χ0) is 19.5. The van der Waals surface area contributed by atoms with Gasteiger partial charge in [-0.15, -0.1) is 11.3 Å². The Kier molecular flexibility index (Phi) is 5.08. The van der Waals surface area contributed by atoms with E-state index in [1.54, 1.807) is 23.1 Å². The normalized spacial score (nSPS) is 16.4. The maximum absolute atomic E-state index is 12.5. The number of hydrogen-bond acceptors (Lipinski definition) is 5. The van der Waals surface area contributed by atoms with Gasteiger partial charge in [-0.1, -0.05) is 18.2 Å². The van der Waals surface area contributed by atoms with Gasteiger partial charge in [0.15, 0.2) is 5.76 Å². The molecule has 1 aromatic carbocycles. The number of anilines is 1. The molecule has 1 fully saturated rings. The van der Waals surface area contributed by atoms with Crippen LogP contribution in [0.25, 0.3) is 0 Å². The lowest BCUT2D eigenvalue weighted by Gasteiger charge is -2.16. The first-order chi connectivity index (χ1) is 13.6. The molecule has 0 radical (unpaired) electrons. The molecule has 3 aromatic rings. The van der Waals surface area contributed by atoms with E-state index >= 15 is 0 Å². The number of ketones is 1. The van der Waals surface area contributed by atoms with E-state index < -0.39 is 0 Å². The molecule has 0 saturated carbocycles. The first kappa shape index (κ1) is 18.2. The Morgan fingerprint density at radius 1 is 1.11 bits per heavy atom. The number of thiophene rings is 1. The molecule has 2 amide bonds. The van der Waals surface area contributed by atoms with Gasteiger partial charge in [-0.3, -0.25) is 14.4 Å². The first-order valence-corrected chi connectivity index (χ1v) is 9.73. The second-order valence-electron chi connectivity index (χ2n) is 6.53. The van der Waals surface area contributed by atoms with E-state index in [-0.39, 0.29) is 29.9 Å². The first-order valence-electron chi connectivity index (χ1n) is 8.92. The van der Waals surface area contributed by atoms with Crippen molar-refractivity contribution in [3.8, 4) is 0 Å². The van der Waals surface area contributed by atoms with Crippen molar-refractivity contribution in [3.63, 3.8) is 0 Å². The number of carbonyl (C=O) groups excluding carboxylic acids is 3. The number of carbonyl (C=O) groups is 3. The van der Waals surface area contributed by atoms with E-state index in [0.29, 0.717) is 23.7 Å². The molecule has 1 unspecified atom stereocenters. The van der Waals surface area contributed by atoms with Gasteiger partial charge in [-0.05, 0) is 36.4 Å². The van der Waals surface area contributed by atoms with Crippen LogP contribution in [-0.2, 0) is 16.1 Å². The van der Waals surface area contributed by atoms with Crippen LogP contribution in [0, 0.1) is 5.92 Å². The van der Waals surface area contributed by atoms with Crippen LogP contribution in [0.5, 0.6) is 0 Å². The largest absolute Gasteiger partial charge is 0.461 e. The monoisotopic (exact) mass is 394 g/mol. The molecule has 2 aromatic heterocycles. The quantitative estimate of drug-likeness (QED) is 0.651. The number of furan rings is 1. The Morgan fingerprint density at radius 2 is 1.93 bits per heavy atom. The highest BCUT2D eigenvalue weighted by Crippen LogP contribution is 2.25. The van der Waals surface area contributed by atoms with Crippen molar-refractivity contribution in [2.45, 2.75) is 13.0 Å². The fraction of sp³-hybridized carbons (Fsp3) is 0.190. The van der Waals surface area contributed by atoms with Crippen LogP contribution >= 0.6 is 11.3 Å². The molecular formula is C21H18N2O4S. The smallest absolute Gasteiger partial charge is 0.238 e. The van der Waals surface area contributed by atoms with E-state index in [2.05, 4.69) is 5.32 Å². The molecule has 7 heteroatoms. The van der Waals surface area contributed by atoms with Gasteiger partial charge in [-0.2, -0.15) is 0 Å². The summed E-state index contributed by atoms with van der Waals surface area (Å²) in [7, 11) is 0. The van der Waals surface area contributed by atoms with Gasteiger partial charge >= 0.3 is 0 Å². The molecule has 4 rings (SSSR count). The van der Waals surface area contributed by atoms with Gasteiger partial charge in [0.05, 0.1) is 23.6 Å². The minimum Gasteiger partial charge on any atom is -0.461 e. The van der Waals surface area contributed by atoms with Gasteiger partial charge in [0.25, 0.3) is 0 Å². The molecule has 28 heavy (non-hydrogen) atoms. The third-order valence-corrected chi connectivity index (χ3v) is 5.71. The number of amides is 2. The standard InChI is InChI=1S/C21H18N2O4S/c24-19-11-14(13-23(19)15-5-2-1-3-6-15)21(26)22-12-16-8-9-18(28-16)20(25)17-7-4-10-27-17/h1-10,14H,11-13H2,(H,22,26). The molecular weight excluding hydrogens is 376 g/mol. The topological polar surface area (TPSA) is 79.6 Å². The second kappa shape index (κ2) is 7.82. The van der Waals surface area contributed by atoms with Crippen LogP contribution in [-0.4, -0.2) is 24.1 Å². The van der Waals surface area contributed by atoms with Crippen molar-refractivity contribution in [2.75, 3.05) is 11.4 Å². The van der Waals surface area contributed by atoms with Gasteiger partial charge in [0, 0.05) is 23.5 Å². The third kappa shape index (κ3) is 3.75. The highest BCUT2D eigenvalue weighted by molar-refractivity contribution is 7.14. The fourth-order valence-electron chi connectivity index (χ4n) is 3.18. The summed E-state index contributed by atoms with van der Waals surface area (Å²) >= 11 is 1.32. The summed E-state index contributed by atoms with van der Waals surface area (Å²) in [4.78, 5) is 40.1. The number of nitrogens with one attached hydrogen (secondary N) is 1. The molecule has 1 saturated heterocycles. The summed E-state index contributed by atoms with van der Waals surface area (Å²) in [6, 6.07) is 16.2. The Labute approximate surface area is 165 Å². The Hall–Kier alpha value is -3.19. The average Bonchev–Trinajstić information content (AvgIpc) is 3.47. The van der Waals surface area contributed by atoms with Gasteiger partial charge in [-0.25, -0.2) is 0 Å². The SMILES string of the molecule is O=C(c1ccco1)c1ccc(CNC(=O)C2CC(=O)N(c3ccccc3)C2)s1. The van der Waals surface area contributed by atoms with Crippen molar-refractivity contribution in [2.24, 2.45) is 5.92 Å². The molecule has 6 nitrogen and oxygen atoms in total. The third-order valence-electron chi connectivity index (χ3n) is 4.63. The van der Waals surface area contributed by atoms with Gasteiger partial charge in [0.1, 0.15) is 0 Å². The minimum absolute atomic E-state index is 0.0474. The number of rotatable bonds is 6. The van der Waals surface area contributed by atoms with Gasteiger partial charge in [0.2, 0.25) is 17.6 Å². The summed E-state index contributed by atoms with van der Waals surface area (Å²) in [5, 5.41) is 2.88. The molecule has 1 N–H and O–H groups in total. The number of nitrogens with zero attached hydrogens (tertiary/aromatic N) is 1. The molecule has 3 heterocycles. The molecule has 0 spiro atoms. The van der Waals surface area contributed by atoms with Crippen LogP contribution < -0.4 is 10.2 Å².